The molecule has 2 heterocycles. The lowest BCUT2D eigenvalue weighted by Gasteiger charge is -2.12. The van der Waals surface area contributed by atoms with Crippen molar-refractivity contribution in [1.82, 2.24) is 19.3 Å². The Morgan fingerprint density at radius 3 is 2.63 bits per heavy atom. The number of nitrogens with two attached hydrogens (primary N) is 1. The average molecular weight is 261 g/mol. The highest BCUT2D eigenvalue weighted by atomic mass is 15.3. The lowest BCUT2D eigenvalue weighted by atomic mass is 10.0. The second-order valence-corrected chi connectivity index (χ2v) is 5.07. The van der Waals surface area contributed by atoms with Crippen molar-refractivity contribution in [3.8, 4) is 0 Å². The molecule has 0 fully saturated rings. The van der Waals surface area contributed by atoms with Gasteiger partial charge in [0.15, 0.2) is 0 Å². The van der Waals surface area contributed by atoms with Gasteiger partial charge in [0.2, 0.25) is 0 Å². The summed E-state index contributed by atoms with van der Waals surface area (Å²) in [6.07, 6.45) is 5.49. The van der Waals surface area contributed by atoms with Gasteiger partial charge in [-0.15, -0.1) is 0 Å². The van der Waals surface area contributed by atoms with Crippen molar-refractivity contribution in [3.05, 3.63) is 35.2 Å². The van der Waals surface area contributed by atoms with E-state index < -0.39 is 0 Å². The van der Waals surface area contributed by atoms with E-state index in [1.807, 2.05) is 31.0 Å². The summed E-state index contributed by atoms with van der Waals surface area (Å²) in [5.41, 5.74) is 9.82. The molecular weight excluding hydrogens is 238 g/mol. The van der Waals surface area contributed by atoms with Crippen LogP contribution in [0.15, 0.2) is 12.4 Å². The third-order valence-electron chi connectivity index (χ3n) is 3.71. The molecule has 0 amide bonds. The first-order valence-corrected chi connectivity index (χ1v) is 6.77. The number of hydrogen-bond donors (Lipinski definition) is 1. The fraction of sp³-hybridized carbons (Fsp3) is 0.571. The van der Waals surface area contributed by atoms with Gasteiger partial charge in [-0.05, 0) is 32.8 Å². The molecule has 5 heteroatoms. The van der Waals surface area contributed by atoms with Crippen LogP contribution in [-0.4, -0.2) is 25.4 Å². The summed E-state index contributed by atoms with van der Waals surface area (Å²) in [7, 11) is 1.97. The van der Waals surface area contributed by atoms with E-state index in [4.69, 9.17) is 5.73 Å². The first-order chi connectivity index (χ1) is 9.02. The Morgan fingerprint density at radius 2 is 2.05 bits per heavy atom. The van der Waals surface area contributed by atoms with Crippen LogP contribution in [0.25, 0.3) is 0 Å². The van der Waals surface area contributed by atoms with Crippen LogP contribution in [0.1, 0.15) is 29.7 Å². The Kier molecular flexibility index (Phi) is 4.04. The van der Waals surface area contributed by atoms with Gasteiger partial charge in [0, 0.05) is 44.1 Å². The molecule has 1 unspecified atom stereocenters. The van der Waals surface area contributed by atoms with Crippen molar-refractivity contribution in [2.45, 2.75) is 46.2 Å². The van der Waals surface area contributed by atoms with E-state index >= 15 is 0 Å². The highest BCUT2D eigenvalue weighted by Gasteiger charge is 2.15. The van der Waals surface area contributed by atoms with E-state index in [0.29, 0.717) is 0 Å². The molecule has 2 aromatic rings. The van der Waals surface area contributed by atoms with Gasteiger partial charge in [0.25, 0.3) is 0 Å². The van der Waals surface area contributed by atoms with Crippen molar-refractivity contribution in [1.29, 1.82) is 0 Å². The fourth-order valence-electron chi connectivity index (χ4n) is 2.50. The minimum absolute atomic E-state index is 0.0781. The van der Waals surface area contributed by atoms with E-state index in [-0.39, 0.29) is 6.04 Å². The number of imidazole rings is 1. The van der Waals surface area contributed by atoms with Crippen LogP contribution >= 0.6 is 0 Å². The van der Waals surface area contributed by atoms with Crippen LogP contribution in [0.3, 0.4) is 0 Å². The lowest BCUT2D eigenvalue weighted by Crippen LogP contribution is -2.27. The van der Waals surface area contributed by atoms with Gasteiger partial charge in [-0.25, -0.2) is 4.98 Å². The second kappa shape index (κ2) is 5.57. The summed E-state index contributed by atoms with van der Waals surface area (Å²) in [6.45, 7) is 7.19. The maximum Gasteiger partial charge on any atom is 0.110 e. The molecule has 2 N–H and O–H groups in total. The van der Waals surface area contributed by atoms with Gasteiger partial charge in [-0.3, -0.25) is 4.68 Å². The number of nitrogens with zero attached hydrogens (tertiary/aromatic N) is 4. The topological polar surface area (TPSA) is 61.7 Å². The fourth-order valence-corrected chi connectivity index (χ4v) is 2.50. The first kappa shape index (κ1) is 13.8. The molecule has 5 nitrogen and oxygen atoms in total. The maximum absolute atomic E-state index is 6.28. The molecule has 0 spiro atoms. The van der Waals surface area contributed by atoms with Crippen LogP contribution in [0.5, 0.6) is 0 Å². The van der Waals surface area contributed by atoms with Gasteiger partial charge in [0.1, 0.15) is 5.82 Å². The molecule has 0 aliphatic carbocycles. The predicted octanol–water partition coefficient (Wildman–Crippen LogP) is 1.37. The van der Waals surface area contributed by atoms with Gasteiger partial charge < -0.3 is 10.3 Å². The average Bonchev–Trinajstić information content (AvgIpc) is 2.89. The molecule has 0 radical (unpaired) electrons. The number of aryl methyl sites for hydroxylation is 3. The monoisotopic (exact) mass is 261 g/mol. The van der Waals surface area contributed by atoms with Crippen molar-refractivity contribution < 1.29 is 0 Å². The summed E-state index contributed by atoms with van der Waals surface area (Å²) in [5, 5.41) is 4.43. The van der Waals surface area contributed by atoms with Crippen LogP contribution in [-0.2, 0) is 26.4 Å². The normalized spacial score (nSPS) is 12.9. The summed E-state index contributed by atoms with van der Waals surface area (Å²) < 4.78 is 4.06. The highest BCUT2D eigenvalue weighted by molar-refractivity contribution is 5.25. The summed E-state index contributed by atoms with van der Waals surface area (Å²) in [5.74, 6) is 1.06. The SMILES string of the molecule is CCn1ccnc1CC(N)Cc1c(C)nn(C)c1C. The van der Waals surface area contributed by atoms with Crippen LogP contribution < -0.4 is 5.73 Å². The number of rotatable bonds is 5. The van der Waals surface area contributed by atoms with Gasteiger partial charge in [0.05, 0.1) is 5.69 Å². The third-order valence-corrected chi connectivity index (χ3v) is 3.71. The standard InChI is InChI=1S/C14H23N5/c1-5-19-7-6-16-14(19)9-12(15)8-13-10(2)17-18(4)11(13)3/h6-7,12H,5,8-9,15H2,1-4H3. The smallest absolute Gasteiger partial charge is 0.110 e. The molecule has 0 saturated heterocycles. The van der Waals surface area contributed by atoms with Crippen LogP contribution in [0.4, 0.5) is 0 Å². The number of aromatic nitrogens is 4. The van der Waals surface area contributed by atoms with Gasteiger partial charge in [-0.2, -0.15) is 5.10 Å². The molecule has 0 saturated carbocycles. The quantitative estimate of drug-likeness (QED) is 0.884. The molecule has 2 rings (SSSR count). The molecule has 1 atom stereocenters. The Bertz CT molecular complexity index is 552. The second-order valence-electron chi connectivity index (χ2n) is 5.07. The number of hydrogen-bond acceptors (Lipinski definition) is 3. The molecule has 0 bridgehead atoms. The third kappa shape index (κ3) is 2.87. The van der Waals surface area contributed by atoms with E-state index in [1.54, 1.807) is 0 Å². The molecule has 19 heavy (non-hydrogen) atoms. The molecule has 0 aromatic carbocycles. The van der Waals surface area contributed by atoms with Gasteiger partial charge >= 0.3 is 0 Å². The molecule has 0 aliphatic rings. The Hall–Kier alpha value is -1.62. The molecular formula is C14H23N5. The molecule has 2 aromatic heterocycles. The summed E-state index contributed by atoms with van der Waals surface area (Å²) in [4.78, 5) is 4.38. The highest BCUT2D eigenvalue weighted by Crippen LogP contribution is 2.15. The zero-order valence-electron chi connectivity index (χ0n) is 12.2. The first-order valence-electron chi connectivity index (χ1n) is 6.77. The minimum Gasteiger partial charge on any atom is -0.335 e. The maximum atomic E-state index is 6.28. The van der Waals surface area contributed by atoms with E-state index in [0.717, 1.165) is 30.9 Å². The van der Waals surface area contributed by atoms with Crippen molar-refractivity contribution in [2.75, 3.05) is 0 Å². The van der Waals surface area contributed by atoms with Crippen molar-refractivity contribution in [3.63, 3.8) is 0 Å². The summed E-state index contributed by atoms with van der Waals surface area (Å²) >= 11 is 0. The van der Waals surface area contributed by atoms with Crippen LogP contribution in [0.2, 0.25) is 0 Å². The minimum atomic E-state index is 0.0781. The van der Waals surface area contributed by atoms with E-state index in [1.165, 1.54) is 11.3 Å². The zero-order chi connectivity index (χ0) is 14.0. The van der Waals surface area contributed by atoms with Crippen molar-refractivity contribution in [2.24, 2.45) is 12.8 Å². The van der Waals surface area contributed by atoms with E-state index in [9.17, 15) is 0 Å². The van der Waals surface area contributed by atoms with Crippen LogP contribution in [0, 0.1) is 13.8 Å². The lowest BCUT2D eigenvalue weighted by molar-refractivity contribution is 0.599. The Labute approximate surface area is 114 Å². The Balaban J connectivity index is 2.07. The Morgan fingerprint density at radius 1 is 1.32 bits per heavy atom. The van der Waals surface area contributed by atoms with Crippen molar-refractivity contribution >= 4 is 0 Å². The largest absolute Gasteiger partial charge is 0.335 e. The van der Waals surface area contributed by atoms with Gasteiger partial charge in [-0.1, -0.05) is 0 Å². The summed E-state index contributed by atoms with van der Waals surface area (Å²) in [6, 6.07) is 0.0781. The molecule has 104 valence electrons. The molecule has 0 aliphatic heterocycles. The predicted molar refractivity (Wildman–Crippen MR) is 76.0 cm³/mol. The zero-order valence-corrected chi connectivity index (χ0v) is 12.2. The van der Waals surface area contributed by atoms with E-state index in [2.05, 4.69) is 28.5 Å².